The van der Waals surface area contributed by atoms with Crippen LogP contribution in [-0.2, 0) is 0 Å². The normalized spacial score (nSPS) is 10.3. The fourth-order valence-corrected chi connectivity index (χ4v) is 2.58. The van der Waals surface area contributed by atoms with Gasteiger partial charge in [0.2, 0.25) is 0 Å². The second-order valence-corrected chi connectivity index (χ2v) is 5.59. The molecular weight excluding hydrogens is 359 g/mol. The third-order valence-corrected chi connectivity index (χ3v) is 3.91. The van der Waals surface area contributed by atoms with Crippen LogP contribution < -0.4 is 5.32 Å². The monoisotopic (exact) mass is 368 g/mol. The first kappa shape index (κ1) is 17.7. The Morgan fingerprint density at radius 1 is 1.17 bits per heavy atom. The van der Waals surface area contributed by atoms with Gasteiger partial charge in [-0.05, 0) is 25.1 Å². The first-order chi connectivity index (χ1) is 11.2. The van der Waals surface area contributed by atoms with E-state index in [0.717, 1.165) is 6.07 Å². The summed E-state index contributed by atoms with van der Waals surface area (Å²) in [5.74, 6) is -1.93. The molecule has 9 heteroatoms. The molecule has 0 saturated carbocycles. The number of benzene rings is 2. The van der Waals surface area contributed by atoms with Crippen molar-refractivity contribution in [1.29, 1.82) is 0 Å². The molecule has 2 N–H and O–H groups in total. The lowest BCUT2D eigenvalue weighted by molar-refractivity contribution is -0.385. The van der Waals surface area contributed by atoms with E-state index in [1.54, 1.807) is 0 Å². The van der Waals surface area contributed by atoms with Gasteiger partial charge in [0.1, 0.15) is 0 Å². The Bertz CT molecular complexity index is 867. The number of nitro groups is 1. The predicted octanol–water partition coefficient (Wildman–Crippen LogP) is 4.16. The molecule has 0 saturated heterocycles. The summed E-state index contributed by atoms with van der Waals surface area (Å²) < 4.78 is 0. The zero-order chi connectivity index (χ0) is 18.0. The molecule has 0 unspecified atom stereocenters. The molecular formula is C15H10Cl2N2O5. The Morgan fingerprint density at radius 2 is 1.83 bits per heavy atom. The number of halogens is 2. The van der Waals surface area contributed by atoms with Crippen molar-refractivity contribution in [2.75, 3.05) is 5.32 Å². The SMILES string of the molecule is Cc1c(C(=O)Nc2cc(C(=O)O)c(Cl)cc2Cl)cccc1[N+](=O)[O-]. The van der Waals surface area contributed by atoms with Crippen LogP contribution in [0.3, 0.4) is 0 Å². The van der Waals surface area contributed by atoms with Crippen molar-refractivity contribution in [1.82, 2.24) is 0 Å². The summed E-state index contributed by atoms with van der Waals surface area (Å²) in [6, 6.07) is 6.40. The zero-order valence-corrected chi connectivity index (χ0v) is 13.7. The summed E-state index contributed by atoms with van der Waals surface area (Å²) in [5.41, 5.74) is -0.131. The number of aromatic carboxylic acids is 1. The number of carboxylic acid groups (broad SMARTS) is 1. The van der Waals surface area contributed by atoms with Crippen molar-refractivity contribution in [2.45, 2.75) is 6.92 Å². The van der Waals surface area contributed by atoms with E-state index in [2.05, 4.69) is 5.32 Å². The molecule has 24 heavy (non-hydrogen) atoms. The van der Waals surface area contributed by atoms with Crippen molar-refractivity contribution in [3.63, 3.8) is 0 Å². The molecule has 7 nitrogen and oxygen atoms in total. The number of nitrogens with zero attached hydrogens (tertiary/aromatic N) is 1. The van der Waals surface area contributed by atoms with Crippen LogP contribution in [0.4, 0.5) is 11.4 Å². The van der Waals surface area contributed by atoms with Gasteiger partial charge >= 0.3 is 5.97 Å². The topological polar surface area (TPSA) is 110 Å². The molecule has 0 aromatic heterocycles. The van der Waals surface area contributed by atoms with Gasteiger partial charge in [-0.2, -0.15) is 0 Å². The number of carbonyl (C=O) groups is 2. The van der Waals surface area contributed by atoms with E-state index in [9.17, 15) is 19.7 Å². The van der Waals surface area contributed by atoms with Crippen LogP contribution in [0, 0.1) is 17.0 Å². The predicted molar refractivity (Wildman–Crippen MR) is 89.2 cm³/mol. The highest BCUT2D eigenvalue weighted by atomic mass is 35.5. The number of hydrogen-bond acceptors (Lipinski definition) is 4. The van der Waals surface area contributed by atoms with Crippen molar-refractivity contribution in [3.05, 3.63) is 67.2 Å². The third kappa shape index (κ3) is 3.47. The highest BCUT2D eigenvalue weighted by Gasteiger charge is 2.20. The van der Waals surface area contributed by atoms with Crippen LogP contribution in [-0.4, -0.2) is 21.9 Å². The summed E-state index contributed by atoms with van der Waals surface area (Å²) in [6.07, 6.45) is 0. The average molecular weight is 369 g/mol. The van der Waals surface area contributed by atoms with Crippen molar-refractivity contribution >= 4 is 46.5 Å². The van der Waals surface area contributed by atoms with Crippen molar-refractivity contribution in [2.24, 2.45) is 0 Å². The molecule has 2 aromatic carbocycles. The summed E-state index contributed by atoms with van der Waals surface area (Å²) in [4.78, 5) is 33.8. The molecule has 0 heterocycles. The van der Waals surface area contributed by atoms with Crippen LogP contribution >= 0.6 is 23.2 Å². The molecule has 0 aliphatic rings. The van der Waals surface area contributed by atoms with Gasteiger partial charge in [0.15, 0.2) is 0 Å². The Balaban J connectivity index is 2.41. The molecule has 0 radical (unpaired) electrons. The van der Waals surface area contributed by atoms with Gasteiger partial charge in [-0.15, -0.1) is 0 Å². The molecule has 1 amide bonds. The standard InChI is InChI=1S/C15H10Cl2N2O5/c1-7-8(3-2-4-13(7)19(23)24)14(20)18-12-5-9(15(21)22)10(16)6-11(12)17/h2-6H,1H3,(H,18,20)(H,21,22). The van der Waals surface area contributed by atoms with Gasteiger partial charge in [0, 0.05) is 17.2 Å². The lowest BCUT2D eigenvalue weighted by atomic mass is 10.1. The van der Waals surface area contributed by atoms with Crippen LogP contribution in [0.1, 0.15) is 26.3 Å². The number of carboxylic acids is 1. The van der Waals surface area contributed by atoms with Gasteiger partial charge in [0.25, 0.3) is 11.6 Å². The van der Waals surface area contributed by atoms with Crippen LogP contribution in [0.5, 0.6) is 0 Å². The number of amides is 1. The van der Waals surface area contributed by atoms with E-state index in [0.29, 0.717) is 0 Å². The minimum absolute atomic E-state index is 0.0365. The van der Waals surface area contributed by atoms with E-state index in [1.807, 2.05) is 0 Å². The van der Waals surface area contributed by atoms with Crippen molar-refractivity contribution in [3.8, 4) is 0 Å². The molecule has 0 fully saturated rings. The smallest absolute Gasteiger partial charge is 0.337 e. The molecule has 0 atom stereocenters. The molecule has 2 aromatic rings. The van der Waals surface area contributed by atoms with Gasteiger partial charge in [-0.3, -0.25) is 14.9 Å². The maximum Gasteiger partial charge on any atom is 0.337 e. The number of nitro benzene ring substituents is 1. The Morgan fingerprint density at radius 3 is 2.42 bits per heavy atom. The Hall–Kier alpha value is -2.64. The number of rotatable bonds is 4. The number of anilines is 1. The molecule has 0 bridgehead atoms. The Kier molecular flexibility index (Phi) is 5.06. The molecule has 124 valence electrons. The highest BCUT2D eigenvalue weighted by Crippen LogP contribution is 2.30. The van der Waals surface area contributed by atoms with Crippen LogP contribution in [0.2, 0.25) is 10.0 Å². The van der Waals surface area contributed by atoms with Gasteiger partial charge in [-0.25, -0.2) is 4.79 Å². The molecule has 0 spiro atoms. The summed E-state index contributed by atoms with van der Waals surface area (Å²) >= 11 is 11.7. The van der Waals surface area contributed by atoms with E-state index in [-0.39, 0.29) is 38.1 Å². The van der Waals surface area contributed by atoms with E-state index >= 15 is 0 Å². The fraction of sp³-hybridized carbons (Fsp3) is 0.0667. The second kappa shape index (κ2) is 6.86. The largest absolute Gasteiger partial charge is 0.478 e. The van der Waals surface area contributed by atoms with Gasteiger partial charge in [0.05, 0.1) is 26.2 Å². The molecule has 0 aliphatic heterocycles. The van der Waals surface area contributed by atoms with Gasteiger partial charge < -0.3 is 10.4 Å². The average Bonchev–Trinajstić information content (AvgIpc) is 2.49. The first-order valence-electron chi connectivity index (χ1n) is 6.50. The summed E-state index contributed by atoms with van der Waals surface area (Å²) in [6.45, 7) is 1.44. The minimum Gasteiger partial charge on any atom is -0.478 e. The number of carbonyl (C=O) groups excluding carboxylic acids is 1. The fourth-order valence-electron chi connectivity index (χ4n) is 2.07. The van der Waals surface area contributed by atoms with Gasteiger partial charge in [-0.1, -0.05) is 29.3 Å². The molecule has 0 aliphatic carbocycles. The minimum atomic E-state index is -1.28. The highest BCUT2D eigenvalue weighted by molar-refractivity contribution is 6.38. The van der Waals surface area contributed by atoms with Crippen LogP contribution in [0.25, 0.3) is 0 Å². The lowest BCUT2D eigenvalue weighted by Gasteiger charge is -2.11. The lowest BCUT2D eigenvalue weighted by Crippen LogP contribution is -2.15. The Labute approximate surface area is 146 Å². The van der Waals surface area contributed by atoms with E-state index in [1.165, 1.54) is 31.2 Å². The van der Waals surface area contributed by atoms with E-state index in [4.69, 9.17) is 28.3 Å². The third-order valence-electron chi connectivity index (χ3n) is 3.28. The zero-order valence-electron chi connectivity index (χ0n) is 12.2. The van der Waals surface area contributed by atoms with E-state index < -0.39 is 16.8 Å². The van der Waals surface area contributed by atoms with Crippen molar-refractivity contribution < 1.29 is 19.6 Å². The summed E-state index contributed by atoms with van der Waals surface area (Å²) in [5, 5.41) is 22.4. The number of nitrogens with one attached hydrogen (secondary N) is 1. The van der Waals surface area contributed by atoms with Crippen LogP contribution in [0.15, 0.2) is 30.3 Å². The molecule has 2 rings (SSSR count). The quantitative estimate of drug-likeness (QED) is 0.621. The number of hydrogen-bond donors (Lipinski definition) is 2. The first-order valence-corrected chi connectivity index (χ1v) is 7.25. The second-order valence-electron chi connectivity index (χ2n) is 4.78. The maximum atomic E-state index is 12.4. The maximum absolute atomic E-state index is 12.4. The summed E-state index contributed by atoms with van der Waals surface area (Å²) in [7, 11) is 0.